The van der Waals surface area contributed by atoms with E-state index in [2.05, 4.69) is 0 Å². The van der Waals surface area contributed by atoms with Crippen LogP contribution in [0.25, 0.3) is 0 Å². The average Bonchev–Trinajstić information content (AvgIpc) is 2.21. The Labute approximate surface area is 96.6 Å². The Bertz CT molecular complexity index is 374. The van der Waals surface area contributed by atoms with Crippen LogP contribution in [0.1, 0.15) is 36.1 Å². The van der Waals surface area contributed by atoms with Gasteiger partial charge in [0.2, 0.25) is 0 Å². The third kappa shape index (κ3) is 3.35. The van der Waals surface area contributed by atoms with Crippen molar-refractivity contribution in [3.8, 4) is 0 Å². The maximum atomic E-state index is 11.3. The van der Waals surface area contributed by atoms with E-state index in [1.54, 1.807) is 6.92 Å². The van der Waals surface area contributed by atoms with Gasteiger partial charge in [-0.2, -0.15) is 0 Å². The van der Waals surface area contributed by atoms with Crippen LogP contribution < -0.4 is 5.73 Å². The van der Waals surface area contributed by atoms with E-state index >= 15 is 0 Å². The summed E-state index contributed by atoms with van der Waals surface area (Å²) >= 11 is 0. The van der Waals surface area contributed by atoms with Gasteiger partial charge in [0.1, 0.15) is 0 Å². The zero-order valence-electron chi connectivity index (χ0n) is 10.1. The molecule has 0 bridgehead atoms. The third-order valence-electron chi connectivity index (χ3n) is 2.53. The Morgan fingerprint density at radius 2 is 2.12 bits per heavy atom. The van der Waals surface area contributed by atoms with Crippen molar-refractivity contribution in [3.63, 3.8) is 0 Å². The fourth-order valence-electron chi connectivity index (χ4n) is 1.67. The fraction of sp³-hybridized carbons (Fsp3) is 0.462. The summed E-state index contributed by atoms with van der Waals surface area (Å²) in [6.45, 7) is 6.21. The number of benzene rings is 1. The van der Waals surface area contributed by atoms with Gasteiger partial charge >= 0.3 is 5.97 Å². The van der Waals surface area contributed by atoms with Crippen LogP contribution in [0.5, 0.6) is 0 Å². The molecule has 88 valence electrons. The third-order valence-corrected chi connectivity index (χ3v) is 2.53. The van der Waals surface area contributed by atoms with Crippen molar-refractivity contribution in [2.24, 2.45) is 5.73 Å². The molecule has 0 aromatic heterocycles. The summed E-state index contributed by atoms with van der Waals surface area (Å²) in [6.07, 6.45) is 0.234. The number of rotatable bonds is 4. The number of carbonyl (C=O) groups excluding carboxylic acids is 1. The lowest BCUT2D eigenvalue weighted by Crippen LogP contribution is -2.18. The summed E-state index contributed by atoms with van der Waals surface area (Å²) in [5.41, 5.74) is 9.28. The minimum Gasteiger partial charge on any atom is -0.466 e. The van der Waals surface area contributed by atoms with E-state index in [4.69, 9.17) is 10.5 Å². The van der Waals surface area contributed by atoms with Crippen molar-refractivity contribution < 1.29 is 9.53 Å². The second kappa shape index (κ2) is 5.66. The number of nitrogens with two attached hydrogens (primary N) is 1. The second-order valence-corrected chi connectivity index (χ2v) is 3.98. The minimum absolute atomic E-state index is 0.234. The molecule has 1 atom stereocenters. The monoisotopic (exact) mass is 221 g/mol. The first-order chi connectivity index (χ1) is 7.54. The highest BCUT2D eigenvalue weighted by atomic mass is 16.5. The number of ether oxygens (including phenoxy) is 1. The van der Waals surface area contributed by atoms with Crippen molar-refractivity contribution in [1.82, 2.24) is 0 Å². The highest BCUT2D eigenvalue weighted by Gasteiger charge is 2.14. The van der Waals surface area contributed by atoms with E-state index in [9.17, 15) is 4.79 Å². The molecule has 1 aromatic rings. The Kier molecular flexibility index (Phi) is 4.50. The number of esters is 1. The lowest BCUT2D eigenvalue weighted by molar-refractivity contribution is -0.143. The molecule has 3 heteroatoms. The van der Waals surface area contributed by atoms with Crippen molar-refractivity contribution >= 4 is 5.97 Å². The molecule has 0 saturated heterocycles. The average molecular weight is 221 g/mol. The molecule has 1 unspecified atom stereocenters. The van der Waals surface area contributed by atoms with E-state index in [0.29, 0.717) is 6.61 Å². The molecule has 1 rings (SSSR count). The van der Waals surface area contributed by atoms with Crippen LogP contribution in [0.4, 0.5) is 0 Å². The lowest BCUT2D eigenvalue weighted by atomic mass is 9.97. The summed E-state index contributed by atoms with van der Waals surface area (Å²) in [7, 11) is 0. The van der Waals surface area contributed by atoms with E-state index < -0.39 is 0 Å². The Balaban J connectivity index is 2.76. The first kappa shape index (κ1) is 12.7. The normalized spacial score (nSPS) is 12.2. The largest absolute Gasteiger partial charge is 0.466 e. The molecule has 0 aliphatic heterocycles. The minimum atomic E-state index is -0.279. The SMILES string of the molecule is CCOC(=O)CC(N)c1cc(C)ccc1C. The zero-order chi connectivity index (χ0) is 12.1. The molecule has 0 spiro atoms. The molecule has 0 amide bonds. The molecule has 16 heavy (non-hydrogen) atoms. The van der Waals surface area contributed by atoms with Gasteiger partial charge in [0, 0.05) is 6.04 Å². The summed E-state index contributed by atoms with van der Waals surface area (Å²) < 4.78 is 4.89. The van der Waals surface area contributed by atoms with Gasteiger partial charge in [-0.25, -0.2) is 0 Å². The van der Waals surface area contributed by atoms with Crippen molar-refractivity contribution in [3.05, 3.63) is 34.9 Å². The van der Waals surface area contributed by atoms with Gasteiger partial charge in [-0.1, -0.05) is 23.8 Å². The topological polar surface area (TPSA) is 52.3 Å². The van der Waals surface area contributed by atoms with Gasteiger partial charge in [-0.3, -0.25) is 4.79 Å². The van der Waals surface area contributed by atoms with Gasteiger partial charge in [-0.15, -0.1) is 0 Å². The fourth-order valence-corrected chi connectivity index (χ4v) is 1.67. The van der Waals surface area contributed by atoms with Gasteiger partial charge in [-0.05, 0) is 31.9 Å². The van der Waals surface area contributed by atoms with Gasteiger partial charge in [0.05, 0.1) is 13.0 Å². The molecule has 0 aliphatic carbocycles. The van der Waals surface area contributed by atoms with Gasteiger partial charge in [0.15, 0.2) is 0 Å². The highest BCUT2D eigenvalue weighted by Crippen LogP contribution is 2.20. The van der Waals surface area contributed by atoms with Crippen LogP contribution in [0.2, 0.25) is 0 Å². The summed E-state index contributed by atoms with van der Waals surface area (Å²) in [4.78, 5) is 11.3. The van der Waals surface area contributed by atoms with Crippen LogP contribution in [-0.2, 0) is 9.53 Å². The molecular formula is C13H19NO2. The number of hydrogen-bond donors (Lipinski definition) is 1. The molecule has 0 fully saturated rings. The van der Waals surface area contributed by atoms with Crippen molar-refractivity contribution in [2.75, 3.05) is 6.61 Å². The number of aryl methyl sites for hydroxylation is 2. The Morgan fingerprint density at radius 1 is 1.44 bits per heavy atom. The van der Waals surface area contributed by atoms with Crippen molar-refractivity contribution in [2.45, 2.75) is 33.2 Å². The summed E-state index contributed by atoms with van der Waals surface area (Å²) in [5.74, 6) is -0.240. The van der Waals surface area contributed by atoms with E-state index in [1.165, 1.54) is 0 Å². The first-order valence-corrected chi connectivity index (χ1v) is 5.53. The first-order valence-electron chi connectivity index (χ1n) is 5.53. The second-order valence-electron chi connectivity index (χ2n) is 3.98. The van der Waals surface area contributed by atoms with Crippen LogP contribution in [0, 0.1) is 13.8 Å². The summed E-state index contributed by atoms with van der Waals surface area (Å²) in [5, 5.41) is 0. The Hall–Kier alpha value is -1.35. The van der Waals surface area contributed by atoms with Crippen LogP contribution >= 0.6 is 0 Å². The number of carbonyl (C=O) groups is 1. The molecule has 1 aromatic carbocycles. The highest BCUT2D eigenvalue weighted by molar-refractivity contribution is 5.70. The van der Waals surface area contributed by atoms with Crippen LogP contribution in [0.3, 0.4) is 0 Å². The zero-order valence-corrected chi connectivity index (χ0v) is 10.1. The molecule has 0 saturated carbocycles. The molecular weight excluding hydrogens is 202 g/mol. The smallest absolute Gasteiger partial charge is 0.307 e. The lowest BCUT2D eigenvalue weighted by Gasteiger charge is -2.14. The maximum absolute atomic E-state index is 11.3. The molecule has 0 radical (unpaired) electrons. The molecule has 3 nitrogen and oxygen atoms in total. The predicted molar refractivity (Wildman–Crippen MR) is 64.1 cm³/mol. The van der Waals surface area contributed by atoms with Gasteiger partial charge < -0.3 is 10.5 Å². The summed E-state index contributed by atoms with van der Waals surface area (Å²) in [6, 6.07) is 5.81. The maximum Gasteiger partial charge on any atom is 0.307 e. The molecule has 0 heterocycles. The quantitative estimate of drug-likeness (QED) is 0.793. The Morgan fingerprint density at radius 3 is 2.75 bits per heavy atom. The van der Waals surface area contributed by atoms with Crippen LogP contribution in [0.15, 0.2) is 18.2 Å². The standard InChI is InChI=1S/C13H19NO2/c1-4-16-13(15)8-12(14)11-7-9(2)5-6-10(11)3/h5-7,12H,4,8,14H2,1-3H3. The van der Waals surface area contributed by atoms with E-state index in [1.807, 2.05) is 32.0 Å². The van der Waals surface area contributed by atoms with Gasteiger partial charge in [0.25, 0.3) is 0 Å². The molecule has 2 N–H and O–H groups in total. The predicted octanol–water partition coefficient (Wildman–Crippen LogP) is 2.26. The van der Waals surface area contributed by atoms with E-state index in [-0.39, 0.29) is 18.4 Å². The molecule has 0 aliphatic rings. The van der Waals surface area contributed by atoms with Crippen molar-refractivity contribution in [1.29, 1.82) is 0 Å². The number of hydrogen-bond acceptors (Lipinski definition) is 3. The van der Waals surface area contributed by atoms with Crippen LogP contribution in [-0.4, -0.2) is 12.6 Å². The van der Waals surface area contributed by atoms with E-state index in [0.717, 1.165) is 16.7 Å².